The first-order chi connectivity index (χ1) is 11.5. The van der Waals surface area contributed by atoms with Crippen LogP contribution in [0.25, 0.3) is 0 Å². The molecule has 1 aromatic rings. The van der Waals surface area contributed by atoms with Crippen LogP contribution in [0.5, 0.6) is 0 Å². The molecule has 2 N–H and O–H groups in total. The predicted molar refractivity (Wildman–Crippen MR) is 95.7 cm³/mol. The maximum absolute atomic E-state index is 11.7. The van der Waals surface area contributed by atoms with E-state index in [-0.39, 0.29) is 11.8 Å². The minimum Gasteiger partial charge on any atom is -0.342 e. The van der Waals surface area contributed by atoms with Gasteiger partial charge >= 0.3 is 0 Å². The highest BCUT2D eigenvalue weighted by molar-refractivity contribution is 7.91. The summed E-state index contributed by atoms with van der Waals surface area (Å²) < 4.78 is 25.4. The van der Waals surface area contributed by atoms with Crippen LogP contribution in [0.15, 0.2) is 11.6 Å². The van der Waals surface area contributed by atoms with E-state index in [1.807, 2.05) is 11.6 Å². The second kappa shape index (κ2) is 7.40. The van der Waals surface area contributed by atoms with E-state index >= 15 is 0 Å². The lowest BCUT2D eigenvalue weighted by molar-refractivity contribution is -0.670. The Morgan fingerprint density at radius 2 is 2.17 bits per heavy atom. The lowest BCUT2D eigenvalue weighted by Crippen LogP contribution is -2.82. The highest BCUT2D eigenvalue weighted by Gasteiger charge is 2.31. The number of aromatic nitrogens is 2. The molecule has 0 amide bonds. The van der Waals surface area contributed by atoms with Crippen LogP contribution < -0.4 is 5.32 Å². The zero-order valence-electron chi connectivity index (χ0n) is 14.9. The number of nitrogens with two attached hydrogens (primary N) is 1. The maximum atomic E-state index is 11.7. The second-order valence-corrected chi connectivity index (χ2v) is 9.52. The molecule has 0 bridgehead atoms. The molecule has 1 aliphatic carbocycles. The van der Waals surface area contributed by atoms with E-state index in [9.17, 15) is 8.42 Å². The SMILES string of the molecule is Cc1nn([C@@H]2CCS(=O)(=O)C2)c(C)c1C[NH2+]CCC1=CCCCC1. The molecule has 24 heavy (non-hydrogen) atoms. The van der Waals surface area contributed by atoms with E-state index in [1.54, 1.807) is 5.57 Å². The van der Waals surface area contributed by atoms with Gasteiger partial charge in [-0.05, 0) is 46.0 Å². The summed E-state index contributed by atoms with van der Waals surface area (Å²) in [6, 6.07) is 0.0230. The average molecular weight is 353 g/mol. The third-order valence-corrected chi connectivity index (χ3v) is 7.18. The molecule has 1 fully saturated rings. The van der Waals surface area contributed by atoms with Gasteiger partial charge < -0.3 is 5.32 Å². The molecule has 0 saturated carbocycles. The Morgan fingerprint density at radius 3 is 2.83 bits per heavy atom. The number of hydrogen-bond donors (Lipinski definition) is 1. The van der Waals surface area contributed by atoms with Crippen molar-refractivity contribution in [2.24, 2.45) is 0 Å². The molecule has 5 nitrogen and oxygen atoms in total. The van der Waals surface area contributed by atoms with Crippen LogP contribution in [0.2, 0.25) is 0 Å². The van der Waals surface area contributed by atoms with E-state index in [2.05, 4.69) is 23.4 Å². The molecule has 2 aliphatic rings. The quantitative estimate of drug-likeness (QED) is 0.627. The van der Waals surface area contributed by atoms with Crippen molar-refractivity contribution >= 4 is 9.84 Å². The second-order valence-electron chi connectivity index (χ2n) is 7.29. The maximum Gasteiger partial charge on any atom is 0.152 e. The van der Waals surface area contributed by atoms with Crippen LogP contribution in [0.1, 0.15) is 61.5 Å². The molecular weight excluding hydrogens is 322 g/mol. The van der Waals surface area contributed by atoms with Gasteiger partial charge in [-0.25, -0.2) is 8.42 Å². The first-order valence-corrected chi connectivity index (χ1v) is 11.0. The summed E-state index contributed by atoms with van der Waals surface area (Å²) in [5.41, 5.74) is 5.09. The van der Waals surface area contributed by atoms with Crippen LogP contribution in [0, 0.1) is 13.8 Å². The minimum atomic E-state index is -2.87. The number of rotatable bonds is 6. The van der Waals surface area contributed by atoms with Crippen LogP contribution in [0.4, 0.5) is 0 Å². The smallest absolute Gasteiger partial charge is 0.152 e. The number of nitrogens with zero attached hydrogens (tertiary/aromatic N) is 2. The zero-order valence-corrected chi connectivity index (χ0v) is 15.7. The molecule has 0 unspecified atom stereocenters. The molecular formula is C18H30N3O2S+. The Kier molecular flexibility index (Phi) is 5.45. The van der Waals surface area contributed by atoms with Crippen LogP contribution in [0.3, 0.4) is 0 Å². The topological polar surface area (TPSA) is 68.6 Å². The van der Waals surface area contributed by atoms with Gasteiger partial charge in [0, 0.05) is 17.7 Å². The van der Waals surface area contributed by atoms with Gasteiger partial charge in [-0.2, -0.15) is 5.10 Å². The average Bonchev–Trinajstić information content (AvgIpc) is 3.05. The van der Waals surface area contributed by atoms with E-state index in [0.29, 0.717) is 12.2 Å². The van der Waals surface area contributed by atoms with Gasteiger partial charge in [0.25, 0.3) is 0 Å². The monoisotopic (exact) mass is 352 g/mol. The number of sulfone groups is 1. The fourth-order valence-corrected chi connectivity index (χ4v) is 5.67. The Balaban J connectivity index is 1.57. The van der Waals surface area contributed by atoms with Crippen LogP contribution in [-0.2, 0) is 16.4 Å². The lowest BCUT2D eigenvalue weighted by Gasteiger charge is -2.12. The normalized spacial score (nSPS) is 23.4. The lowest BCUT2D eigenvalue weighted by atomic mass is 9.97. The summed E-state index contributed by atoms with van der Waals surface area (Å²) in [7, 11) is -2.87. The van der Waals surface area contributed by atoms with Crippen molar-refractivity contribution < 1.29 is 13.7 Å². The molecule has 1 aliphatic heterocycles. The van der Waals surface area contributed by atoms with Crippen LogP contribution >= 0.6 is 0 Å². The van der Waals surface area contributed by atoms with Gasteiger partial charge in [-0.3, -0.25) is 4.68 Å². The predicted octanol–water partition coefficient (Wildman–Crippen LogP) is 1.81. The van der Waals surface area contributed by atoms with Gasteiger partial charge in [0.15, 0.2) is 9.84 Å². The van der Waals surface area contributed by atoms with E-state index in [1.165, 1.54) is 37.7 Å². The first-order valence-electron chi connectivity index (χ1n) is 9.21. The van der Waals surface area contributed by atoms with Gasteiger partial charge in [-0.15, -0.1) is 0 Å². The summed E-state index contributed by atoms with van der Waals surface area (Å²) in [5, 5.41) is 7.01. The molecule has 1 atom stereocenters. The highest BCUT2D eigenvalue weighted by Crippen LogP contribution is 2.26. The van der Waals surface area contributed by atoms with Crippen molar-refractivity contribution in [1.82, 2.24) is 9.78 Å². The fourth-order valence-electron chi connectivity index (χ4n) is 3.98. The minimum absolute atomic E-state index is 0.0230. The molecule has 1 aromatic heterocycles. The summed E-state index contributed by atoms with van der Waals surface area (Å²) >= 11 is 0. The summed E-state index contributed by atoms with van der Waals surface area (Å²) in [6.45, 7) is 6.18. The Morgan fingerprint density at radius 1 is 1.33 bits per heavy atom. The molecule has 134 valence electrons. The van der Waals surface area contributed by atoms with E-state index in [0.717, 1.165) is 24.5 Å². The number of aryl methyl sites for hydroxylation is 1. The molecule has 6 heteroatoms. The van der Waals surface area contributed by atoms with Crippen molar-refractivity contribution in [2.45, 2.75) is 65.0 Å². The van der Waals surface area contributed by atoms with Crippen molar-refractivity contribution in [3.8, 4) is 0 Å². The zero-order chi connectivity index (χ0) is 17.2. The molecule has 0 spiro atoms. The van der Waals surface area contributed by atoms with E-state index in [4.69, 9.17) is 0 Å². The molecule has 0 aromatic carbocycles. The third kappa shape index (κ3) is 4.09. The summed E-state index contributed by atoms with van der Waals surface area (Å²) in [4.78, 5) is 0. The number of quaternary nitrogens is 1. The largest absolute Gasteiger partial charge is 0.342 e. The van der Waals surface area contributed by atoms with Gasteiger partial charge in [0.1, 0.15) is 6.54 Å². The van der Waals surface area contributed by atoms with Gasteiger partial charge in [0.05, 0.1) is 29.8 Å². The van der Waals surface area contributed by atoms with Crippen molar-refractivity contribution in [1.29, 1.82) is 0 Å². The summed E-state index contributed by atoms with van der Waals surface area (Å²) in [5.74, 6) is 0.541. The number of allylic oxidation sites excluding steroid dienone is 1. The fraction of sp³-hybridized carbons (Fsp3) is 0.722. The van der Waals surface area contributed by atoms with Crippen molar-refractivity contribution in [3.63, 3.8) is 0 Å². The van der Waals surface area contributed by atoms with Crippen LogP contribution in [-0.4, -0.2) is 36.2 Å². The van der Waals surface area contributed by atoms with Crippen molar-refractivity contribution in [3.05, 3.63) is 28.6 Å². The molecule has 3 rings (SSSR count). The van der Waals surface area contributed by atoms with Crippen molar-refractivity contribution in [2.75, 3.05) is 18.1 Å². The highest BCUT2D eigenvalue weighted by atomic mass is 32.2. The van der Waals surface area contributed by atoms with Gasteiger partial charge in [-0.1, -0.05) is 11.6 Å². The molecule has 0 radical (unpaired) electrons. The molecule has 1 saturated heterocycles. The molecule has 2 heterocycles. The first kappa shape index (κ1) is 17.7. The third-order valence-electron chi connectivity index (χ3n) is 5.43. The Bertz CT molecular complexity index is 719. The Labute approximate surface area is 145 Å². The van der Waals surface area contributed by atoms with Gasteiger partial charge in [0.2, 0.25) is 0 Å². The Hall–Kier alpha value is -1.14. The van der Waals surface area contributed by atoms with E-state index < -0.39 is 9.84 Å². The number of hydrogen-bond acceptors (Lipinski definition) is 3. The standard InChI is InChI=1S/C18H29N3O2S/c1-14-18(12-19-10-8-16-6-4-3-5-7-16)15(2)21(20-14)17-9-11-24(22,23)13-17/h6,17,19H,3-5,7-13H2,1-2H3/p+1/t17-/m1/s1. The summed E-state index contributed by atoms with van der Waals surface area (Å²) in [6.07, 6.45) is 9.54.